The fraction of sp³-hybridized carbons (Fsp3) is 0.208. The minimum atomic E-state index is -2.92. The summed E-state index contributed by atoms with van der Waals surface area (Å²) in [6.45, 7) is -2.62. The summed E-state index contributed by atoms with van der Waals surface area (Å²) in [7, 11) is 0. The van der Waals surface area contributed by atoms with Crippen molar-refractivity contribution < 1.29 is 23.0 Å². The largest absolute Gasteiger partial charge is 0.492 e. The number of carbonyl (C=O) groups is 1. The maximum absolute atomic E-state index is 12.8. The van der Waals surface area contributed by atoms with Gasteiger partial charge in [0.2, 0.25) is 5.91 Å². The summed E-state index contributed by atoms with van der Waals surface area (Å²) < 4.78 is 36.0. The molecule has 1 amide bonds. The van der Waals surface area contributed by atoms with Crippen molar-refractivity contribution in [3.05, 3.63) is 89.5 Å². The van der Waals surface area contributed by atoms with E-state index in [-0.39, 0.29) is 17.6 Å². The van der Waals surface area contributed by atoms with E-state index in [4.69, 9.17) is 4.74 Å². The van der Waals surface area contributed by atoms with E-state index < -0.39 is 6.61 Å². The van der Waals surface area contributed by atoms with Gasteiger partial charge in [0.15, 0.2) is 0 Å². The summed E-state index contributed by atoms with van der Waals surface area (Å²) in [5.74, 6) is 0.411. The maximum atomic E-state index is 12.8. The molecule has 6 heteroatoms. The Morgan fingerprint density at radius 1 is 1.07 bits per heavy atom. The highest BCUT2D eigenvalue weighted by Crippen LogP contribution is 2.29. The Balaban J connectivity index is 1.51. The molecular weight excluding hydrogens is 388 g/mol. The van der Waals surface area contributed by atoms with Crippen LogP contribution in [0.2, 0.25) is 0 Å². The number of anilines is 1. The number of alkyl halides is 2. The van der Waals surface area contributed by atoms with Crippen LogP contribution in [0.1, 0.15) is 16.7 Å². The van der Waals surface area contributed by atoms with Crippen LogP contribution in [-0.2, 0) is 17.6 Å². The van der Waals surface area contributed by atoms with Crippen LogP contribution < -0.4 is 14.8 Å². The van der Waals surface area contributed by atoms with Crippen LogP contribution in [0.4, 0.5) is 14.5 Å². The van der Waals surface area contributed by atoms with E-state index in [1.54, 1.807) is 12.1 Å². The molecule has 3 aromatic rings. The van der Waals surface area contributed by atoms with Gasteiger partial charge in [-0.1, -0.05) is 48.5 Å². The summed E-state index contributed by atoms with van der Waals surface area (Å²) >= 11 is 0. The minimum absolute atomic E-state index is 0.0989. The van der Waals surface area contributed by atoms with Crippen molar-refractivity contribution >= 4 is 11.6 Å². The summed E-state index contributed by atoms with van der Waals surface area (Å²) in [6.07, 6.45) is 0.998. The summed E-state index contributed by atoms with van der Waals surface area (Å²) in [5, 5.41) is 2.89. The first kappa shape index (κ1) is 19.9. The van der Waals surface area contributed by atoms with Gasteiger partial charge < -0.3 is 14.8 Å². The highest BCUT2D eigenvalue weighted by Gasteiger charge is 2.26. The number of para-hydroxylation sites is 1. The maximum Gasteiger partial charge on any atom is 0.387 e. The fourth-order valence-electron chi connectivity index (χ4n) is 3.56. The molecule has 4 nitrogen and oxygen atoms in total. The standard InChI is InChI=1S/C24H21F2NO3/c25-24(26)30-22-11-10-20(14-18(22)12-16-6-2-1-3-7-16)27-23(28)19-13-17-8-4-5-9-21(17)29-15-19/h1-11,14,19,24H,12-13,15H2,(H,27,28). The molecular formula is C24H21F2NO3. The number of hydrogen-bond donors (Lipinski definition) is 1. The number of amides is 1. The van der Waals surface area contributed by atoms with Crippen molar-refractivity contribution in [2.75, 3.05) is 11.9 Å². The van der Waals surface area contributed by atoms with E-state index in [2.05, 4.69) is 10.1 Å². The number of benzene rings is 3. The molecule has 0 aliphatic carbocycles. The summed E-state index contributed by atoms with van der Waals surface area (Å²) in [5.41, 5.74) is 3.06. The minimum Gasteiger partial charge on any atom is -0.492 e. The monoisotopic (exact) mass is 409 g/mol. The molecule has 0 aromatic heterocycles. The second kappa shape index (κ2) is 8.95. The Kier molecular flexibility index (Phi) is 5.93. The lowest BCUT2D eigenvalue weighted by Crippen LogP contribution is -2.32. The molecule has 1 unspecified atom stereocenters. The van der Waals surface area contributed by atoms with Gasteiger partial charge in [0.25, 0.3) is 0 Å². The molecule has 30 heavy (non-hydrogen) atoms. The Hall–Kier alpha value is -3.41. The van der Waals surface area contributed by atoms with E-state index in [0.29, 0.717) is 30.7 Å². The normalized spacial score (nSPS) is 15.2. The van der Waals surface area contributed by atoms with Crippen molar-refractivity contribution in [3.63, 3.8) is 0 Å². The zero-order valence-electron chi connectivity index (χ0n) is 16.2. The Labute approximate surface area is 173 Å². The zero-order valence-corrected chi connectivity index (χ0v) is 16.2. The summed E-state index contributed by atoms with van der Waals surface area (Å²) in [6, 6.07) is 21.9. The van der Waals surface area contributed by atoms with Crippen molar-refractivity contribution in [2.45, 2.75) is 19.5 Å². The van der Waals surface area contributed by atoms with Crippen LogP contribution in [0.25, 0.3) is 0 Å². The molecule has 1 N–H and O–H groups in total. The van der Waals surface area contributed by atoms with Gasteiger partial charge in [0.1, 0.15) is 18.1 Å². The quantitative estimate of drug-likeness (QED) is 0.619. The van der Waals surface area contributed by atoms with Crippen LogP contribution in [0.15, 0.2) is 72.8 Å². The van der Waals surface area contributed by atoms with Crippen molar-refractivity contribution in [2.24, 2.45) is 5.92 Å². The molecule has 0 bridgehead atoms. The van der Waals surface area contributed by atoms with E-state index in [0.717, 1.165) is 16.9 Å². The van der Waals surface area contributed by atoms with Gasteiger partial charge in [0, 0.05) is 17.7 Å². The molecule has 0 saturated carbocycles. The number of rotatable bonds is 6. The third kappa shape index (κ3) is 4.76. The molecule has 1 aliphatic heterocycles. The third-order valence-electron chi connectivity index (χ3n) is 5.03. The van der Waals surface area contributed by atoms with Crippen LogP contribution in [0.5, 0.6) is 11.5 Å². The van der Waals surface area contributed by atoms with Gasteiger partial charge >= 0.3 is 6.61 Å². The number of nitrogens with one attached hydrogen (secondary N) is 1. The Bertz CT molecular complexity index is 1020. The number of halogens is 2. The van der Waals surface area contributed by atoms with Gasteiger partial charge in [0.05, 0.1) is 5.92 Å². The molecule has 4 rings (SSSR count). The average molecular weight is 409 g/mol. The van der Waals surface area contributed by atoms with Crippen LogP contribution in [-0.4, -0.2) is 19.1 Å². The SMILES string of the molecule is O=C(Nc1ccc(OC(F)F)c(Cc2ccccc2)c1)C1COc2ccccc2C1. The Morgan fingerprint density at radius 2 is 1.83 bits per heavy atom. The van der Waals surface area contributed by atoms with Crippen LogP contribution in [0, 0.1) is 5.92 Å². The summed E-state index contributed by atoms with van der Waals surface area (Å²) in [4.78, 5) is 12.8. The molecule has 1 atom stereocenters. The molecule has 154 valence electrons. The molecule has 0 saturated heterocycles. The smallest absolute Gasteiger partial charge is 0.387 e. The van der Waals surface area contributed by atoms with E-state index >= 15 is 0 Å². The van der Waals surface area contributed by atoms with Gasteiger partial charge in [-0.3, -0.25) is 4.79 Å². The van der Waals surface area contributed by atoms with Crippen molar-refractivity contribution in [3.8, 4) is 11.5 Å². The molecule has 0 fully saturated rings. The second-order valence-electron chi connectivity index (χ2n) is 7.17. The van der Waals surface area contributed by atoms with Crippen LogP contribution in [0.3, 0.4) is 0 Å². The van der Waals surface area contributed by atoms with Gasteiger partial charge in [-0.25, -0.2) is 0 Å². The number of ether oxygens (including phenoxy) is 2. The van der Waals surface area contributed by atoms with Gasteiger partial charge in [-0.2, -0.15) is 8.78 Å². The Morgan fingerprint density at radius 3 is 2.63 bits per heavy atom. The third-order valence-corrected chi connectivity index (χ3v) is 5.03. The topological polar surface area (TPSA) is 47.6 Å². The second-order valence-corrected chi connectivity index (χ2v) is 7.17. The molecule has 1 aliphatic rings. The van der Waals surface area contributed by atoms with E-state index in [1.165, 1.54) is 6.07 Å². The number of fused-ring (bicyclic) bond motifs is 1. The fourth-order valence-corrected chi connectivity index (χ4v) is 3.56. The van der Waals surface area contributed by atoms with E-state index in [9.17, 15) is 13.6 Å². The first-order valence-corrected chi connectivity index (χ1v) is 9.72. The highest BCUT2D eigenvalue weighted by molar-refractivity contribution is 5.93. The molecule has 1 heterocycles. The first-order valence-electron chi connectivity index (χ1n) is 9.72. The number of hydrogen-bond acceptors (Lipinski definition) is 3. The molecule has 3 aromatic carbocycles. The van der Waals surface area contributed by atoms with Crippen molar-refractivity contribution in [1.82, 2.24) is 0 Å². The van der Waals surface area contributed by atoms with Gasteiger partial charge in [-0.05, 0) is 41.8 Å². The average Bonchev–Trinajstić information content (AvgIpc) is 2.75. The van der Waals surface area contributed by atoms with Crippen LogP contribution >= 0.6 is 0 Å². The molecule has 0 spiro atoms. The van der Waals surface area contributed by atoms with E-state index in [1.807, 2.05) is 54.6 Å². The van der Waals surface area contributed by atoms with Crippen molar-refractivity contribution in [1.29, 1.82) is 0 Å². The van der Waals surface area contributed by atoms with Gasteiger partial charge in [-0.15, -0.1) is 0 Å². The predicted molar refractivity (Wildman–Crippen MR) is 110 cm³/mol. The lowest BCUT2D eigenvalue weighted by atomic mass is 9.96. The lowest BCUT2D eigenvalue weighted by Gasteiger charge is -2.24. The predicted octanol–water partition coefficient (Wildman–Crippen LogP) is 5.07. The molecule has 0 radical (unpaired) electrons. The number of carbonyl (C=O) groups excluding carboxylic acids is 1. The zero-order chi connectivity index (χ0) is 20.9. The lowest BCUT2D eigenvalue weighted by molar-refractivity contribution is -0.121. The first-order chi connectivity index (χ1) is 14.6. The highest BCUT2D eigenvalue weighted by atomic mass is 19.3.